The summed E-state index contributed by atoms with van der Waals surface area (Å²) in [6.45, 7) is 7.09. The number of piperidine rings is 1. The summed E-state index contributed by atoms with van der Waals surface area (Å²) in [6, 6.07) is 20.6. The highest BCUT2D eigenvalue weighted by atomic mass is 35.5. The van der Waals surface area contributed by atoms with Crippen molar-refractivity contribution in [2.45, 2.75) is 57.7 Å². The van der Waals surface area contributed by atoms with Crippen molar-refractivity contribution in [2.75, 3.05) is 64.3 Å². The van der Waals surface area contributed by atoms with Gasteiger partial charge in [-0.2, -0.15) is 0 Å². The first-order chi connectivity index (χ1) is 34.0. The van der Waals surface area contributed by atoms with Gasteiger partial charge in [-0.3, -0.25) is 44.1 Å². The van der Waals surface area contributed by atoms with Crippen LogP contribution >= 0.6 is 24.0 Å². The molecule has 4 aromatic carbocycles. The van der Waals surface area contributed by atoms with Crippen LogP contribution in [0.25, 0.3) is 11.3 Å². The van der Waals surface area contributed by atoms with Crippen LogP contribution in [0.2, 0.25) is 5.02 Å². The first-order valence-electron chi connectivity index (χ1n) is 23.6. The number of nitrogens with one attached hydrogen (secondary N) is 3. The molecule has 2 saturated heterocycles. The molecule has 0 saturated carbocycles. The Kier molecular flexibility index (Phi) is 16.6. The lowest BCUT2D eigenvalue weighted by molar-refractivity contribution is -0.137. The molecule has 0 radical (unpaired) electrons. The zero-order valence-electron chi connectivity index (χ0n) is 38.9. The Labute approximate surface area is 420 Å². The van der Waals surface area contributed by atoms with Gasteiger partial charge in [0.25, 0.3) is 11.8 Å². The Balaban J connectivity index is 0.00000676. The maximum absolute atomic E-state index is 15.0. The molecule has 2 fully saturated rings. The molecule has 1 aromatic heterocycles. The number of rotatable bonds is 17. The van der Waals surface area contributed by atoms with Crippen molar-refractivity contribution in [2.24, 2.45) is 4.99 Å². The van der Waals surface area contributed by atoms with Crippen LogP contribution in [0.3, 0.4) is 0 Å². The second kappa shape index (κ2) is 23.2. The number of aliphatic imine (C=N–C) groups is 1. The monoisotopic (exact) mass is 1010 g/mol. The Morgan fingerprint density at radius 1 is 0.859 bits per heavy atom. The van der Waals surface area contributed by atoms with Gasteiger partial charge in [0.2, 0.25) is 17.7 Å². The topological polar surface area (TPSA) is 179 Å². The van der Waals surface area contributed by atoms with E-state index in [2.05, 4.69) is 35.7 Å². The Morgan fingerprint density at radius 2 is 1.61 bits per heavy atom. The number of carbonyl (C=O) groups excluding carboxylic acids is 5. The third-order valence-electron chi connectivity index (χ3n) is 13.1. The number of ether oxygens (including phenoxy) is 1. The van der Waals surface area contributed by atoms with E-state index in [4.69, 9.17) is 21.3 Å². The second-order valence-corrected chi connectivity index (χ2v) is 18.2. The number of amides is 5. The predicted octanol–water partition coefficient (Wildman–Crippen LogP) is 6.37. The van der Waals surface area contributed by atoms with Crippen molar-refractivity contribution >= 4 is 64.9 Å². The van der Waals surface area contributed by atoms with Crippen LogP contribution in [0.5, 0.6) is 0 Å². The number of carbonyl (C=O) groups is 5. The summed E-state index contributed by atoms with van der Waals surface area (Å²) in [5.41, 5.74) is 5.53. The van der Waals surface area contributed by atoms with Crippen molar-refractivity contribution in [1.82, 2.24) is 35.3 Å². The number of hydrogen-bond donors (Lipinski definition) is 3. The van der Waals surface area contributed by atoms with Crippen LogP contribution in [0.1, 0.15) is 86.5 Å². The number of anilines is 1. The molecule has 0 bridgehead atoms. The van der Waals surface area contributed by atoms with Crippen molar-refractivity contribution in [3.05, 3.63) is 146 Å². The SMILES string of the molecule is Cl.O=C1CCC(N2Cc3c(NC(=O)CCCCOCCN4CCN(CCNC(=O)c5ccc(Cc6ncc7c(n6)-c6ccc(Cl)cc6C(c6c(F)cccc6F)=NC7)cc5)CC4)cccc3C2=O)C(=O)N1. The Hall–Kier alpha value is -6.50. The molecule has 5 aromatic rings. The smallest absolute Gasteiger partial charge is 0.255 e. The molecule has 0 aliphatic carbocycles. The van der Waals surface area contributed by atoms with E-state index in [0.29, 0.717) is 94.6 Å². The fraction of sp³-hybridized carbons (Fsp3) is 0.346. The van der Waals surface area contributed by atoms with Gasteiger partial charge in [-0.1, -0.05) is 41.9 Å². The molecule has 71 heavy (non-hydrogen) atoms. The minimum atomic E-state index is -0.720. The second-order valence-electron chi connectivity index (χ2n) is 17.8. The van der Waals surface area contributed by atoms with Crippen LogP contribution < -0.4 is 16.0 Å². The zero-order chi connectivity index (χ0) is 48.7. The van der Waals surface area contributed by atoms with Crippen molar-refractivity contribution < 1.29 is 37.5 Å². The number of hydrogen-bond acceptors (Lipinski definition) is 11. The maximum Gasteiger partial charge on any atom is 0.255 e. The normalized spacial score (nSPS) is 16.8. The fourth-order valence-electron chi connectivity index (χ4n) is 9.31. The summed E-state index contributed by atoms with van der Waals surface area (Å²) in [5, 5.41) is 8.69. The molecule has 15 nitrogen and oxygen atoms in total. The summed E-state index contributed by atoms with van der Waals surface area (Å²) in [6.07, 6.45) is 4.22. The van der Waals surface area contributed by atoms with Crippen molar-refractivity contribution in [3.63, 3.8) is 0 Å². The van der Waals surface area contributed by atoms with E-state index in [9.17, 15) is 32.8 Å². The summed E-state index contributed by atoms with van der Waals surface area (Å²) in [7, 11) is 0. The van der Waals surface area contributed by atoms with Crippen molar-refractivity contribution in [1.29, 1.82) is 0 Å². The van der Waals surface area contributed by atoms with Crippen LogP contribution in [-0.2, 0) is 38.6 Å². The fourth-order valence-corrected chi connectivity index (χ4v) is 9.48. The molecule has 19 heteroatoms. The molecule has 5 amide bonds. The molecule has 5 heterocycles. The van der Waals surface area contributed by atoms with Gasteiger partial charge in [0.15, 0.2) is 0 Å². The molecule has 4 aliphatic heterocycles. The van der Waals surface area contributed by atoms with Gasteiger partial charge in [-0.25, -0.2) is 18.7 Å². The van der Waals surface area contributed by atoms with E-state index >= 15 is 0 Å². The van der Waals surface area contributed by atoms with E-state index in [1.807, 2.05) is 12.1 Å². The highest BCUT2D eigenvalue weighted by molar-refractivity contribution is 6.31. The summed E-state index contributed by atoms with van der Waals surface area (Å²) < 4.78 is 35.8. The average Bonchev–Trinajstić information content (AvgIpc) is 3.60. The molecule has 9 rings (SSSR count). The van der Waals surface area contributed by atoms with E-state index < -0.39 is 23.6 Å². The Morgan fingerprint density at radius 3 is 2.37 bits per heavy atom. The third kappa shape index (κ3) is 12.0. The number of imide groups is 1. The van der Waals surface area contributed by atoms with Gasteiger partial charge in [0, 0.05) is 129 Å². The zero-order valence-corrected chi connectivity index (χ0v) is 40.4. The molecule has 1 unspecified atom stereocenters. The largest absolute Gasteiger partial charge is 0.380 e. The molecule has 1 atom stereocenters. The molecule has 370 valence electrons. The number of nitrogens with zero attached hydrogens (tertiary/aromatic N) is 6. The maximum atomic E-state index is 15.0. The van der Waals surface area contributed by atoms with Crippen LogP contribution in [0.4, 0.5) is 14.5 Å². The van der Waals surface area contributed by atoms with E-state index in [1.54, 1.807) is 54.7 Å². The molecule has 0 spiro atoms. The number of piperazine rings is 1. The lowest BCUT2D eigenvalue weighted by Crippen LogP contribution is -2.52. The summed E-state index contributed by atoms with van der Waals surface area (Å²) in [4.78, 5) is 83.2. The third-order valence-corrected chi connectivity index (χ3v) is 13.4. The average molecular weight is 1010 g/mol. The van der Waals surface area contributed by atoms with Gasteiger partial charge in [0.1, 0.15) is 23.5 Å². The number of fused-ring (bicyclic) bond motifs is 4. The number of aromatic nitrogens is 2. The number of halogens is 4. The van der Waals surface area contributed by atoms with E-state index in [0.717, 1.165) is 51.3 Å². The molecular formula is C52H53Cl2F2N9O6. The van der Waals surface area contributed by atoms with Crippen LogP contribution in [-0.4, -0.2) is 125 Å². The van der Waals surface area contributed by atoms with Crippen molar-refractivity contribution in [3.8, 4) is 11.3 Å². The standard InChI is InChI=1S/C52H52ClF2N9O6.ClH/c53-35-14-15-36-38(28-35)49(47-40(54)6-4-7-41(47)55)58-30-34-29-57-44(60-48(34)36)27-32-10-12-33(13-11-32)50(67)56-18-19-62-20-22-63(23-21-62)24-26-70-25-2-1-9-45(65)59-42-8-3-5-37-39(42)31-64(52(37)69)43-16-17-46(66)61-51(43)68;/h3-8,10-15,28-29,43H,1-2,9,16-27,30-31H2,(H,56,67)(H,59,65)(H,61,66,68);1H. The van der Waals surface area contributed by atoms with Gasteiger partial charge < -0.3 is 20.3 Å². The highest BCUT2D eigenvalue weighted by Gasteiger charge is 2.40. The first-order valence-corrected chi connectivity index (χ1v) is 24.0. The number of benzene rings is 4. The van der Waals surface area contributed by atoms with Gasteiger partial charge >= 0.3 is 0 Å². The quantitative estimate of drug-likeness (QED) is 0.0701. The van der Waals surface area contributed by atoms with E-state index in [-0.39, 0.29) is 73.2 Å². The Bertz CT molecular complexity index is 2840. The van der Waals surface area contributed by atoms with Crippen LogP contribution in [0, 0.1) is 11.6 Å². The lowest BCUT2D eigenvalue weighted by atomic mass is 9.94. The van der Waals surface area contributed by atoms with Gasteiger partial charge in [0.05, 0.1) is 30.1 Å². The number of unbranched alkanes of at least 4 members (excludes halogenated alkanes) is 1. The minimum absolute atomic E-state index is 0. The summed E-state index contributed by atoms with van der Waals surface area (Å²) >= 11 is 6.37. The molecule has 4 aliphatic rings. The highest BCUT2D eigenvalue weighted by Crippen LogP contribution is 2.35. The predicted molar refractivity (Wildman–Crippen MR) is 266 cm³/mol. The van der Waals surface area contributed by atoms with Gasteiger partial charge in [-0.15, -0.1) is 12.4 Å². The van der Waals surface area contributed by atoms with E-state index in [1.165, 1.54) is 23.1 Å². The minimum Gasteiger partial charge on any atom is -0.380 e. The first kappa shape index (κ1) is 50.9. The van der Waals surface area contributed by atoms with Gasteiger partial charge in [-0.05, 0) is 73.4 Å². The lowest BCUT2D eigenvalue weighted by Gasteiger charge is -2.34. The van der Waals surface area contributed by atoms with Crippen LogP contribution in [0.15, 0.2) is 90.1 Å². The molecule has 3 N–H and O–H groups in total. The molecular weight excluding hydrogens is 956 g/mol. The summed E-state index contributed by atoms with van der Waals surface area (Å²) in [5.74, 6) is -2.31.